The molecule has 0 heterocycles. The molecule has 3 N–H and O–H groups in total. The summed E-state index contributed by atoms with van der Waals surface area (Å²) < 4.78 is 10.3. The average molecular weight is 334 g/mol. The van der Waals surface area contributed by atoms with Gasteiger partial charge in [0.05, 0.1) is 18.5 Å². The van der Waals surface area contributed by atoms with Crippen molar-refractivity contribution in [2.75, 3.05) is 18.2 Å². The Morgan fingerprint density at radius 2 is 1.56 bits per heavy atom. The van der Waals surface area contributed by atoms with E-state index in [9.17, 15) is 4.79 Å². The number of methoxy groups -OCH3 is 1. The number of benzene rings is 3. The molecule has 0 bridgehead atoms. The number of hydrogen-bond acceptors (Lipinski definition) is 4. The Hall–Kier alpha value is -3.47. The van der Waals surface area contributed by atoms with Gasteiger partial charge in [-0.2, -0.15) is 0 Å². The summed E-state index contributed by atoms with van der Waals surface area (Å²) in [5.41, 5.74) is 9.02. The van der Waals surface area contributed by atoms with Crippen molar-refractivity contribution in [1.29, 1.82) is 0 Å². The lowest BCUT2D eigenvalue weighted by Crippen LogP contribution is -2.17. The molecule has 0 radical (unpaired) electrons. The van der Waals surface area contributed by atoms with E-state index >= 15 is 0 Å². The molecule has 3 rings (SSSR count). The van der Waals surface area contributed by atoms with Crippen LogP contribution >= 0.6 is 0 Å². The molecule has 0 spiro atoms. The van der Waals surface area contributed by atoms with E-state index in [0.29, 0.717) is 22.9 Å². The lowest BCUT2D eigenvalue weighted by atomic mass is 10.0. The molecule has 5 heteroatoms. The van der Waals surface area contributed by atoms with Crippen molar-refractivity contribution in [1.82, 2.24) is 0 Å². The zero-order valence-electron chi connectivity index (χ0n) is 13.7. The fourth-order valence-electron chi connectivity index (χ4n) is 2.43. The van der Waals surface area contributed by atoms with Crippen molar-refractivity contribution in [2.45, 2.75) is 0 Å². The Labute approximate surface area is 146 Å². The first-order chi connectivity index (χ1) is 12.2. The monoisotopic (exact) mass is 334 g/mol. The quantitative estimate of drug-likeness (QED) is 0.686. The molecule has 5 nitrogen and oxygen atoms in total. The summed E-state index contributed by atoms with van der Waals surface area (Å²) in [6.07, 6.45) is -0.609. The molecule has 0 atom stereocenters. The fraction of sp³-hybridized carbons (Fsp3) is 0.0500. The van der Waals surface area contributed by atoms with Crippen LogP contribution in [0.15, 0.2) is 72.8 Å². The highest BCUT2D eigenvalue weighted by Gasteiger charge is 2.11. The summed E-state index contributed by atoms with van der Waals surface area (Å²) in [7, 11) is 1.57. The predicted octanol–water partition coefficient (Wildman–Crippen LogP) is 4.56. The van der Waals surface area contributed by atoms with E-state index < -0.39 is 6.09 Å². The van der Waals surface area contributed by atoms with E-state index in [4.69, 9.17) is 15.2 Å². The van der Waals surface area contributed by atoms with Gasteiger partial charge in [-0.15, -0.1) is 0 Å². The van der Waals surface area contributed by atoms with Crippen LogP contribution in [-0.4, -0.2) is 13.2 Å². The molecule has 1 amide bonds. The number of ether oxygens (including phenoxy) is 2. The highest BCUT2D eigenvalue weighted by atomic mass is 16.6. The van der Waals surface area contributed by atoms with Crippen LogP contribution in [0.2, 0.25) is 0 Å². The van der Waals surface area contributed by atoms with Gasteiger partial charge in [0.25, 0.3) is 0 Å². The van der Waals surface area contributed by atoms with Gasteiger partial charge in [0.1, 0.15) is 11.5 Å². The molecule has 25 heavy (non-hydrogen) atoms. The van der Waals surface area contributed by atoms with Gasteiger partial charge in [0, 0.05) is 5.56 Å². The smallest absolute Gasteiger partial charge is 0.417 e. The van der Waals surface area contributed by atoms with Crippen LogP contribution < -0.4 is 20.5 Å². The van der Waals surface area contributed by atoms with Gasteiger partial charge in [-0.25, -0.2) is 4.79 Å². The van der Waals surface area contributed by atoms with Crippen molar-refractivity contribution >= 4 is 17.5 Å². The van der Waals surface area contributed by atoms with Crippen molar-refractivity contribution in [2.24, 2.45) is 0 Å². The Morgan fingerprint density at radius 3 is 2.24 bits per heavy atom. The SMILES string of the molecule is COc1ccc(OC(=O)Nc2cccc(-c3ccccc3)c2N)cc1. The minimum absolute atomic E-state index is 0.413. The molecule has 3 aromatic rings. The van der Waals surface area contributed by atoms with Crippen LogP contribution in [0.3, 0.4) is 0 Å². The van der Waals surface area contributed by atoms with Gasteiger partial charge in [-0.3, -0.25) is 5.32 Å². The number of anilines is 2. The van der Waals surface area contributed by atoms with E-state index in [1.807, 2.05) is 42.5 Å². The molecule has 0 saturated carbocycles. The Bertz CT molecular complexity index is 862. The number of nitrogen functional groups attached to an aromatic ring is 1. The number of hydrogen-bond donors (Lipinski definition) is 2. The second kappa shape index (κ2) is 7.40. The number of nitrogens with one attached hydrogen (secondary N) is 1. The lowest BCUT2D eigenvalue weighted by Gasteiger charge is -2.12. The summed E-state index contributed by atoms with van der Waals surface area (Å²) in [4.78, 5) is 12.1. The first kappa shape index (κ1) is 16.4. The van der Waals surface area contributed by atoms with E-state index in [1.54, 1.807) is 37.4 Å². The van der Waals surface area contributed by atoms with Gasteiger partial charge in [0.15, 0.2) is 0 Å². The Balaban J connectivity index is 1.75. The van der Waals surface area contributed by atoms with Gasteiger partial charge in [-0.05, 0) is 35.9 Å². The Kier molecular flexibility index (Phi) is 4.85. The maximum atomic E-state index is 12.1. The number of para-hydroxylation sites is 1. The number of carbonyl (C=O) groups is 1. The molecule has 0 aliphatic heterocycles. The summed E-state index contributed by atoms with van der Waals surface area (Å²) in [5, 5.41) is 2.68. The minimum Gasteiger partial charge on any atom is -0.497 e. The molecule has 0 aromatic heterocycles. The minimum atomic E-state index is -0.609. The summed E-state index contributed by atoms with van der Waals surface area (Å²) in [6, 6.07) is 22.0. The van der Waals surface area contributed by atoms with Crippen LogP contribution in [0, 0.1) is 0 Å². The first-order valence-corrected chi connectivity index (χ1v) is 7.74. The van der Waals surface area contributed by atoms with Crippen LogP contribution in [0.4, 0.5) is 16.2 Å². The zero-order chi connectivity index (χ0) is 17.6. The van der Waals surface area contributed by atoms with E-state index in [1.165, 1.54) is 0 Å². The Morgan fingerprint density at radius 1 is 0.880 bits per heavy atom. The first-order valence-electron chi connectivity index (χ1n) is 7.74. The lowest BCUT2D eigenvalue weighted by molar-refractivity contribution is 0.215. The van der Waals surface area contributed by atoms with Crippen molar-refractivity contribution in [3.63, 3.8) is 0 Å². The largest absolute Gasteiger partial charge is 0.497 e. The molecule has 0 aliphatic rings. The van der Waals surface area contributed by atoms with Crippen LogP contribution in [0.25, 0.3) is 11.1 Å². The van der Waals surface area contributed by atoms with Crippen LogP contribution in [0.5, 0.6) is 11.5 Å². The van der Waals surface area contributed by atoms with E-state index in [0.717, 1.165) is 11.1 Å². The standard InChI is InChI=1S/C20H18N2O3/c1-24-15-10-12-16(13-11-15)25-20(23)22-18-9-5-8-17(19(18)21)14-6-3-2-4-7-14/h2-13H,21H2,1H3,(H,22,23). The molecule has 0 fully saturated rings. The maximum absolute atomic E-state index is 12.1. The van der Waals surface area contributed by atoms with E-state index in [2.05, 4.69) is 5.32 Å². The molecular weight excluding hydrogens is 316 g/mol. The topological polar surface area (TPSA) is 73.6 Å². The van der Waals surface area contributed by atoms with Crippen molar-refractivity contribution in [3.8, 4) is 22.6 Å². The van der Waals surface area contributed by atoms with Gasteiger partial charge in [-0.1, -0.05) is 42.5 Å². The fourth-order valence-corrected chi connectivity index (χ4v) is 2.43. The second-order valence-corrected chi connectivity index (χ2v) is 5.32. The number of amides is 1. The third-order valence-electron chi connectivity index (χ3n) is 3.70. The molecule has 0 aliphatic carbocycles. The summed E-state index contributed by atoms with van der Waals surface area (Å²) in [5.74, 6) is 1.10. The van der Waals surface area contributed by atoms with Crippen molar-refractivity contribution < 1.29 is 14.3 Å². The highest BCUT2D eigenvalue weighted by Crippen LogP contribution is 2.31. The van der Waals surface area contributed by atoms with E-state index in [-0.39, 0.29) is 0 Å². The summed E-state index contributed by atoms with van der Waals surface area (Å²) >= 11 is 0. The van der Waals surface area contributed by atoms with Gasteiger partial charge < -0.3 is 15.2 Å². The normalized spacial score (nSPS) is 10.1. The number of carbonyl (C=O) groups excluding carboxylic acids is 1. The highest BCUT2D eigenvalue weighted by molar-refractivity contribution is 5.94. The number of rotatable bonds is 4. The number of nitrogens with two attached hydrogens (primary N) is 1. The molecule has 0 unspecified atom stereocenters. The molecular formula is C20H18N2O3. The van der Waals surface area contributed by atoms with Crippen LogP contribution in [0.1, 0.15) is 0 Å². The van der Waals surface area contributed by atoms with Crippen LogP contribution in [-0.2, 0) is 0 Å². The van der Waals surface area contributed by atoms with Gasteiger partial charge >= 0.3 is 6.09 Å². The average Bonchev–Trinajstić information content (AvgIpc) is 2.65. The third kappa shape index (κ3) is 3.90. The molecule has 3 aromatic carbocycles. The summed E-state index contributed by atoms with van der Waals surface area (Å²) in [6.45, 7) is 0. The van der Waals surface area contributed by atoms with Gasteiger partial charge in [0.2, 0.25) is 0 Å². The molecule has 0 saturated heterocycles. The van der Waals surface area contributed by atoms with Crippen molar-refractivity contribution in [3.05, 3.63) is 72.8 Å². The third-order valence-corrected chi connectivity index (χ3v) is 3.70. The predicted molar refractivity (Wildman–Crippen MR) is 98.9 cm³/mol. The zero-order valence-corrected chi connectivity index (χ0v) is 13.7. The maximum Gasteiger partial charge on any atom is 0.417 e. The molecule has 126 valence electrons. The second-order valence-electron chi connectivity index (χ2n) is 5.32.